The van der Waals surface area contributed by atoms with Gasteiger partial charge in [0.1, 0.15) is 0 Å². The zero-order valence-electron chi connectivity index (χ0n) is 12.8. The van der Waals surface area contributed by atoms with E-state index in [1.165, 1.54) is 0 Å². The molecule has 0 spiro atoms. The normalized spacial score (nSPS) is 33.9. The SMILES string of the molecule is NCc1cn(C[C@H]2C[C@H]3CCN2C[C@@H]3C(=O)NC2CC2)nn1. The van der Waals surface area contributed by atoms with E-state index in [4.69, 9.17) is 5.73 Å². The summed E-state index contributed by atoms with van der Waals surface area (Å²) < 4.78 is 1.90. The molecule has 4 fully saturated rings. The molecule has 7 nitrogen and oxygen atoms in total. The molecule has 22 heavy (non-hydrogen) atoms. The van der Waals surface area contributed by atoms with Crippen LogP contribution in [0.4, 0.5) is 0 Å². The minimum Gasteiger partial charge on any atom is -0.353 e. The van der Waals surface area contributed by atoms with Crippen LogP contribution in [-0.2, 0) is 17.9 Å². The molecule has 4 heterocycles. The highest BCUT2D eigenvalue weighted by atomic mass is 16.2. The van der Waals surface area contributed by atoms with Crippen molar-refractivity contribution in [1.29, 1.82) is 0 Å². The summed E-state index contributed by atoms with van der Waals surface area (Å²) in [6, 6.07) is 0.930. The van der Waals surface area contributed by atoms with Gasteiger partial charge in [-0.25, -0.2) is 0 Å². The van der Waals surface area contributed by atoms with Crippen molar-refractivity contribution in [2.45, 2.75) is 50.9 Å². The lowest BCUT2D eigenvalue weighted by molar-refractivity contribution is -0.133. The third-order valence-corrected chi connectivity index (χ3v) is 5.33. The number of nitrogens with two attached hydrogens (primary N) is 1. The molecular formula is C15H24N6O. The Morgan fingerprint density at radius 2 is 2.27 bits per heavy atom. The number of carbonyl (C=O) groups excluding carboxylic acids is 1. The van der Waals surface area contributed by atoms with E-state index < -0.39 is 0 Å². The van der Waals surface area contributed by atoms with E-state index in [0.717, 1.165) is 51.0 Å². The van der Waals surface area contributed by atoms with Crippen molar-refractivity contribution < 1.29 is 4.79 Å². The number of aromatic nitrogens is 3. The molecule has 3 aliphatic heterocycles. The number of hydrogen-bond donors (Lipinski definition) is 2. The molecule has 120 valence electrons. The van der Waals surface area contributed by atoms with Crippen LogP contribution < -0.4 is 11.1 Å². The molecule has 3 N–H and O–H groups in total. The molecule has 0 radical (unpaired) electrons. The van der Waals surface area contributed by atoms with Crippen LogP contribution in [0.25, 0.3) is 0 Å². The lowest BCUT2D eigenvalue weighted by Crippen LogP contribution is -2.58. The third kappa shape index (κ3) is 2.75. The fourth-order valence-electron chi connectivity index (χ4n) is 3.90. The van der Waals surface area contributed by atoms with Gasteiger partial charge < -0.3 is 11.1 Å². The Kier molecular flexibility index (Phi) is 3.62. The van der Waals surface area contributed by atoms with Crippen LogP contribution in [0.3, 0.4) is 0 Å². The number of hydrogen-bond acceptors (Lipinski definition) is 5. The lowest BCUT2D eigenvalue weighted by Gasteiger charge is -2.49. The monoisotopic (exact) mass is 304 g/mol. The first-order valence-electron chi connectivity index (χ1n) is 8.36. The summed E-state index contributed by atoms with van der Waals surface area (Å²) in [5.41, 5.74) is 6.41. The molecule has 1 unspecified atom stereocenters. The molecule has 1 aliphatic carbocycles. The van der Waals surface area contributed by atoms with Crippen molar-refractivity contribution in [3.63, 3.8) is 0 Å². The van der Waals surface area contributed by atoms with Crippen molar-refractivity contribution >= 4 is 5.91 Å². The zero-order valence-corrected chi connectivity index (χ0v) is 12.8. The molecule has 1 saturated carbocycles. The molecule has 1 aromatic heterocycles. The summed E-state index contributed by atoms with van der Waals surface area (Å²) in [4.78, 5) is 14.8. The zero-order chi connectivity index (χ0) is 15.1. The average molecular weight is 304 g/mol. The van der Waals surface area contributed by atoms with Gasteiger partial charge in [-0.2, -0.15) is 0 Å². The maximum Gasteiger partial charge on any atom is 0.224 e. The van der Waals surface area contributed by atoms with Gasteiger partial charge in [-0.3, -0.25) is 14.4 Å². The molecule has 5 rings (SSSR count). The van der Waals surface area contributed by atoms with Gasteiger partial charge in [0.05, 0.1) is 18.2 Å². The number of amides is 1. The maximum absolute atomic E-state index is 12.4. The largest absolute Gasteiger partial charge is 0.353 e. The fraction of sp³-hybridized carbons (Fsp3) is 0.800. The van der Waals surface area contributed by atoms with E-state index >= 15 is 0 Å². The molecule has 1 aromatic rings. The van der Waals surface area contributed by atoms with Gasteiger partial charge >= 0.3 is 0 Å². The van der Waals surface area contributed by atoms with Gasteiger partial charge in [0.15, 0.2) is 0 Å². The second-order valence-electron chi connectivity index (χ2n) is 6.96. The van der Waals surface area contributed by atoms with Crippen LogP contribution >= 0.6 is 0 Å². The molecule has 1 amide bonds. The molecule has 4 atom stereocenters. The van der Waals surface area contributed by atoms with Gasteiger partial charge in [-0.1, -0.05) is 5.21 Å². The van der Waals surface area contributed by atoms with E-state index in [9.17, 15) is 4.79 Å². The Morgan fingerprint density at radius 3 is 2.91 bits per heavy atom. The number of carbonyl (C=O) groups is 1. The highest BCUT2D eigenvalue weighted by Crippen LogP contribution is 2.37. The Bertz CT molecular complexity index is 554. The number of piperidine rings is 3. The first-order valence-corrected chi connectivity index (χ1v) is 8.36. The van der Waals surface area contributed by atoms with E-state index in [1.54, 1.807) is 0 Å². The minimum atomic E-state index is 0.181. The Hall–Kier alpha value is -1.47. The second kappa shape index (κ2) is 5.62. The van der Waals surface area contributed by atoms with Gasteiger partial charge in [-0.05, 0) is 38.1 Å². The highest BCUT2D eigenvalue weighted by Gasteiger charge is 2.44. The summed E-state index contributed by atoms with van der Waals surface area (Å²) >= 11 is 0. The summed E-state index contributed by atoms with van der Waals surface area (Å²) in [6.45, 7) is 3.27. The van der Waals surface area contributed by atoms with Crippen LogP contribution in [0.15, 0.2) is 6.20 Å². The van der Waals surface area contributed by atoms with Crippen molar-refractivity contribution in [2.75, 3.05) is 13.1 Å². The quantitative estimate of drug-likeness (QED) is 0.781. The van der Waals surface area contributed by atoms with Gasteiger partial charge in [-0.15, -0.1) is 5.10 Å². The molecule has 3 saturated heterocycles. The van der Waals surface area contributed by atoms with Crippen molar-refractivity contribution in [2.24, 2.45) is 17.6 Å². The first kappa shape index (κ1) is 14.1. The van der Waals surface area contributed by atoms with Crippen molar-refractivity contribution in [3.8, 4) is 0 Å². The molecular weight excluding hydrogens is 280 g/mol. The molecule has 2 bridgehead atoms. The topological polar surface area (TPSA) is 89.1 Å². The Morgan fingerprint density at radius 1 is 1.41 bits per heavy atom. The van der Waals surface area contributed by atoms with E-state index in [0.29, 0.717) is 24.5 Å². The number of fused-ring (bicyclic) bond motifs is 3. The standard InChI is InChI=1S/C15H24N6O/c16-6-12-7-21(19-18-12)8-13-5-10-3-4-20(13)9-14(10)15(22)17-11-1-2-11/h7,10-11,13-14H,1-6,8-9,16H2,(H,17,22)/t10-,13-,14+/m1/s1. The van der Waals surface area contributed by atoms with Gasteiger partial charge in [0.25, 0.3) is 0 Å². The van der Waals surface area contributed by atoms with E-state index in [-0.39, 0.29) is 11.8 Å². The van der Waals surface area contributed by atoms with Crippen LogP contribution in [0, 0.1) is 11.8 Å². The molecule has 4 aliphatic rings. The molecule has 7 heteroatoms. The Labute approximate surface area is 130 Å². The summed E-state index contributed by atoms with van der Waals surface area (Å²) in [5.74, 6) is 0.981. The lowest BCUT2D eigenvalue weighted by atomic mass is 9.75. The van der Waals surface area contributed by atoms with Gasteiger partial charge in [0, 0.05) is 31.4 Å². The van der Waals surface area contributed by atoms with Crippen LogP contribution in [0.5, 0.6) is 0 Å². The highest BCUT2D eigenvalue weighted by molar-refractivity contribution is 5.80. The first-order chi connectivity index (χ1) is 10.7. The average Bonchev–Trinajstić information content (AvgIpc) is 3.24. The minimum absolute atomic E-state index is 0.181. The predicted octanol–water partition coefficient (Wildman–Crippen LogP) is -0.274. The number of rotatable bonds is 5. The van der Waals surface area contributed by atoms with E-state index in [1.807, 2.05) is 10.9 Å². The third-order valence-electron chi connectivity index (χ3n) is 5.33. The van der Waals surface area contributed by atoms with Crippen LogP contribution in [0.1, 0.15) is 31.4 Å². The number of nitrogens with zero attached hydrogens (tertiary/aromatic N) is 4. The van der Waals surface area contributed by atoms with Crippen LogP contribution in [0.2, 0.25) is 0 Å². The molecule has 0 aromatic carbocycles. The van der Waals surface area contributed by atoms with Gasteiger partial charge in [0.2, 0.25) is 5.91 Å². The maximum atomic E-state index is 12.4. The smallest absolute Gasteiger partial charge is 0.224 e. The predicted molar refractivity (Wildman–Crippen MR) is 80.7 cm³/mol. The van der Waals surface area contributed by atoms with Crippen molar-refractivity contribution in [1.82, 2.24) is 25.2 Å². The number of nitrogens with one attached hydrogen (secondary N) is 1. The summed E-state index contributed by atoms with van der Waals surface area (Å²) in [7, 11) is 0. The summed E-state index contributed by atoms with van der Waals surface area (Å²) in [6.07, 6.45) is 6.47. The summed E-state index contributed by atoms with van der Waals surface area (Å²) in [5, 5.41) is 11.4. The van der Waals surface area contributed by atoms with E-state index in [2.05, 4.69) is 20.5 Å². The van der Waals surface area contributed by atoms with Crippen molar-refractivity contribution in [3.05, 3.63) is 11.9 Å². The Balaban J connectivity index is 1.38. The van der Waals surface area contributed by atoms with Crippen LogP contribution in [-0.4, -0.2) is 51.0 Å². The second-order valence-corrected chi connectivity index (χ2v) is 6.96. The fourth-order valence-corrected chi connectivity index (χ4v) is 3.90.